The largest absolute Gasteiger partial charge is 0.477 e. The monoisotopic (exact) mass is 403 g/mol. The molecular weight excluding hydrogens is 382 g/mol. The summed E-state index contributed by atoms with van der Waals surface area (Å²) >= 11 is 6.36. The van der Waals surface area contributed by atoms with Crippen LogP contribution >= 0.6 is 11.6 Å². The van der Waals surface area contributed by atoms with E-state index in [1.54, 1.807) is 32.0 Å². The van der Waals surface area contributed by atoms with Crippen LogP contribution in [-0.4, -0.2) is 30.5 Å². The number of aryl methyl sites for hydroxylation is 2. The van der Waals surface area contributed by atoms with E-state index in [0.717, 1.165) is 37.2 Å². The van der Waals surface area contributed by atoms with Crippen molar-refractivity contribution in [1.82, 2.24) is 0 Å². The highest BCUT2D eigenvalue weighted by Gasteiger charge is 2.20. The van der Waals surface area contributed by atoms with Crippen molar-refractivity contribution in [2.75, 3.05) is 29.9 Å². The first kappa shape index (κ1) is 19.9. The van der Waals surface area contributed by atoms with Crippen LogP contribution in [0, 0.1) is 24.0 Å². The van der Waals surface area contributed by atoms with Crippen LogP contribution in [0.4, 0.5) is 17.1 Å². The number of amides is 1. The highest BCUT2D eigenvalue weighted by molar-refractivity contribution is 6.33. The molecule has 1 aliphatic rings. The zero-order valence-corrected chi connectivity index (χ0v) is 16.6. The topological polar surface area (TPSA) is 84.7 Å². The minimum absolute atomic E-state index is 0.105. The number of hydrogen-bond acceptors (Lipinski definition) is 5. The fourth-order valence-electron chi connectivity index (χ4n) is 3.39. The Morgan fingerprint density at radius 1 is 1.25 bits per heavy atom. The Bertz CT molecular complexity index is 911. The fourth-order valence-corrected chi connectivity index (χ4v) is 3.69. The second-order valence-electron chi connectivity index (χ2n) is 6.88. The molecule has 2 aromatic rings. The second-order valence-corrected chi connectivity index (χ2v) is 7.29. The summed E-state index contributed by atoms with van der Waals surface area (Å²) in [5, 5.41) is 14.5. The van der Waals surface area contributed by atoms with Gasteiger partial charge >= 0.3 is 5.69 Å². The molecule has 0 radical (unpaired) electrons. The Kier molecular flexibility index (Phi) is 6.04. The van der Waals surface area contributed by atoms with Gasteiger partial charge in [-0.1, -0.05) is 17.7 Å². The van der Waals surface area contributed by atoms with Gasteiger partial charge in [-0.25, -0.2) is 0 Å². The van der Waals surface area contributed by atoms with E-state index >= 15 is 0 Å². The van der Waals surface area contributed by atoms with E-state index in [0.29, 0.717) is 16.3 Å². The molecule has 148 valence electrons. The van der Waals surface area contributed by atoms with Gasteiger partial charge in [-0.05, 0) is 56.0 Å². The van der Waals surface area contributed by atoms with Crippen molar-refractivity contribution < 1.29 is 14.5 Å². The van der Waals surface area contributed by atoms with Crippen molar-refractivity contribution in [2.24, 2.45) is 0 Å². The van der Waals surface area contributed by atoms with Crippen LogP contribution in [0.5, 0.6) is 5.75 Å². The predicted molar refractivity (Wildman–Crippen MR) is 110 cm³/mol. The molecule has 0 aromatic heterocycles. The number of nitro benzene ring substituents is 1. The van der Waals surface area contributed by atoms with Crippen LogP contribution in [0.15, 0.2) is 30.3 Å². The number of carbonyl (C=O) groups is 1. The number of nitrogens with zero attached hydrogens (tertiary/aromatic N) is 2. The third-order valence-electron chi connectivity index (χ3n) is 4.62. The molecule has 0 spiro atoms. The minimum Gasteiger partial charge on any atom is -0.477 e. The lowest BCUT2D eigenvalue weighted by Crippen LogP contribution is -2.21. The van der Waals surface area contributed by atoms with Crippen LogP contribution < -0.4 is 15.0 Å². The van der Waals surface area contributed by atoms with Gasteiger partial charge in [-0.2, -0.15) is 0 Å². The number of nitrogens with one attached hydrogen (secondary N) is 1. The Morgan fingerprint density at radius 2 is 1.96 bits per heavy atom. The van der Waals surface area contributed by atoms with Crippen molar-refractivity contribution in [3.05, 3.63) is 56.6 Å². The second kappa shape index (κ2) is 8.48. The van der Waals surface area contributed by atoms with Gasteiger partial charge < -0.3 is 15.0 Å². The zero-order valence-electron chi connectivity index (χ0n) is 15.8. The molecule has 8 heteroatoms. The van der Waals surface area contributed by atoms with E-state index in [2.05, 4.69) is 10.2 Å². The van der Waals surface area contributed by atoms with E-state index in [4.69, 9.17) is 16.3 Å². The van der Waals surface area contributed by atoms with Crippen molar-refractivity contribution in [3.8, 4) is 5.75 Å². The average Bonchev–Trinajstić information content (AvgIpc) is 3.14. The number of halogens is 1. The maximum atomic E-state index is 12.2. The number of ether oxygens (including phenoxy) is 1. The molecule has 1 N–H and O–H groups in total. The van der Waals surface area contributed by atoms with E-state index in [1.807, 2.05) is 6.07 Å². The number of nitro groups is 1. The van der Waals surface area contributed by atoms with E-state index in [-0.39, 0.29) is 18.0 Å². The van der Waals surface area contributed by atoms with Crippen LogP contribution in [0.2, 0.25) is 5.02 Å². The molecule has 0 atom stereocenters. The quantitative estimate of drug-likeness (QED) is 0.567. The fraction of sp³-hybridized carbons (Fsp3) is 0.350. The van der Waals surface area contributed by atoms with Gasteiger partial charge in [-0.15, -0.1) is 0 Å². The lowest BCUT2D eigenvalue weighted by atomic mass is 10.1. The predicted octanol–water partition coefficient (Wildman–Crippen LogP) is 4.48. The number of anilines is 2. The molecule has 0 unspecified atom stereocenters. The maximum absolute atomic E-state index is 12.2. The molecule has 1 saturated heterocycles. The smallest absolute Gasteiger partial charge is 0.311 e. The van der Waals surface area contributed by atoms with Gasteiger partial charge in [0.2, 0.25) is 5.75 Å². The third kappa shape index (κ3) is 4.54. The molecule has 28 heavy (non-hydrogen) atoms. The summed E-state index contributed by atoms with van der Waals surface area (Å²) in [4.78, 5) is 25.2. The van der Waals surface area contributed by atoms with Crippen LogP contribution in [0.3, 0.4) is 0 Å². The van der Waals surface area contributed by atoms with E-state index in [1.165, 1.54) is 6.07 Å². The summed E-state index contributed by atoms with van der Waals surface area (Å²) in [6.07, 6.45) is 2.30. The van der Waals surface area contributed by atoms with Crippen molar-refractivity contribution in [2.45, 2.75) is 26.7 Å². The molecule has 0 saturated carbocycles. The molecule has 1 heterocycles. The summed E-state index contributed by atoms with van der Waals surface area (Å²) in [6, 6.07) is 8.58. The van der Waals surface area contributed by atoms with E-state index < -0.39 is 10.8 Å². The number of benzene rings is 2. The Hall–Kier alpha value is -2.80. The lowest BCUT2D eigenvalue weighted by molar-refractivity contribution is -0.385. The molecule has 0 aliphatic carbocycles. The van der Waals surface area contributed by atoms with Crippen molar-refractivity contribution in [3.63, 3.8) is 0 Å². The summed E-state index contributed by atoms with van der Waals surface area (Å²) in [5.74, 6) is -0.313. The molecule has 0 bridgehead atoms. The first-order valence-corrected chi connectivity index (χ1v) is 9.45. The Balaban J connectivity index is 1.65. The first-order valence-electron chi connectivity index (χ1n) is 9.08. The van der Waals surface area contributed by atoms with Gasteiger partial charge in [0.1, 0.15) is 0 Å². The SMILES string of the molecule is Cc1cc(C)c(OCC(=O)Nc2ccc(N3CCCC3)c(Cl)c2)c([N+](=O)[O-])c1. The first-order chi connectivity index (χ1) is 13.3. The third-order valence-corrected chi connectivity index (χ3v) is 4.92. The van der Waals surface area contributed by atoms with Crippen LogP contribution in [0.25, 0.3) is 0 Å². The van der Waals surface area contributed by atoms with E-state index in [9.17, 15) is 14.9 Å². The molecule has 1 amide bonds. The molecule has 1 fully saturated rings. The summed E-state index contributed by atoms with van der Waals surface area (Å²) in [5.41, 5.74) is 2.73. The standard InChI is InChI=1S/C20H22ClN3O4/c1-13-9-14(2)20(18(10-13)24(26)27)28-12-19(25)22-15-5-6-17(16(21)11-15)23-7-3-4-8-23/h5-6,9-11H,3-4,7-8,12H2,1-2H3,(H,22,25). The van der Waals surface area contributed by atoms with Gasteiger partial charge in [0.05, 0.1) is 15.6 Å². The van der Waals surface area contributed by atoms with Gasteiger partial charge in [0.25, 0.3) is 5.91 Å². The number of hydrogen-bond donors (Lipinski definition) is 1. The highest BCUT2D eigenvalue weighted by Crippen LogP contribution is 2.33. The zero-order chi connectivity index (χ0) is 20.3. The van der Waals surface area contributed by atoms with Gasteiger partial charge in [0.15, 0.2) is 6.61 Å². The number of carbonyl (C=O) groups excluding carboxylic acids is 1. The Morgan fingerprint density at radius 3 is 2.61 bits per heavy atom. The van der Waals surface area contributed by atoms with Crippen molar-refractivity contribution >= 4 is 34.6 Å². The summed E-state index contributed by atoms with van der Waals surface area (Å²) in [6.45, 7) is 5.11. The molecule has 3 rings (SSSR count). The Labute approximate surface area is 168 Å². The maximum Gasteiger partial charge on any atom is 0.311 e. The van der Waals surface area contributed by atoms with Crippen LogP contribution in [-0.2, 0) is 4.79 Å². The minimum atomic E-state index is -0.510. The highest BCUT2D eigenvalue weighted by atomic mass is 35.5. The lowest BCUT2D eigenvalue weighted by Gasteiger charge is -2.19. The van der Waals surface area contributed by atoms with Gasteiger partial charge in [0, 0.05) is 24.8 Å². The molecule has 1 aliphatic heterocycles. The summed E-state index contributed by atoms with van der Waals surface area (Å²) < 4.78 is 5.46. The van der Waals surface area contributed by atoms with Gasteiger partial charge in [-0.3, -0.25) is 14.9 Å². The van der Waals surface area contributed by atoms with Crippen molar-refractivity contribution in [1.29, 1.82) is 0 Å². The summed E-state index contributed by atoms with van der Waals surface area (Å²) in [7, 11) is 0. The number of rotatable bonds is 6. The molecule has 7 nitrogen and oxygen atoms in total. The normalized spacial score (nSPS) is 13.5. The average molecular weight is 404 g/mol. The van der Waals surface area contributed by atoms with Crippen LogP contribution in [0.1, 0.15) is 24.0 Å². The molecular formula is C20H22ClN3O4. The molecule has 2 aromatic carbocycles.